The van der Waals surface area contributed by atoms with E-state index in [0.29, 0.717) is 12.0 Å². The predicted octanol–water partition coefficient (Wildman–Crippen LogP) is 1.48. The summed E-state index contributed by atoms with van der Waals surface area (Å²) in [4.78, 5) is 22.9. The van der Waals surface area contributed by atoms with Crippen LogP contribution in [-0.2, 0) is 6.42 Å². The monoisotopic (exact) mass is 254 g/mol. The van der Waals surface area contributed by atoms with Gasteiger partial charge in [0.1, 0.15) is 0 Å². The minimum atomic E-state index is -0.649. The first-order valence-electron chi connectivity index (χ1n) is 5.85. The van der Waals surface area contributed by atoms with E-state index in [1.807, 2.05) is 30.3 Å². The number of carbonyl (C=O) groups excluding carboxylic acids is 2. The normalized spacial score (nSPS) is 10.1. The molecule has 19 heavy (non-hydrogen) atoms. The summed E-state index contributed by atoms with van der Waals surface area (Å²) in [5.74, 6) is -1.29. The molecule has 2 aromatic rings. The van der Waals surface area contributed by atoms with Gasteiger partial charge in [-0.15, -0.1) is 0 Å². The van der Waals surface area contributed by atoms with E-state index < -0.39 is 11.8 Å². The lowest BCUT2D eigenvalue weighted by molar-refractivity contribution is 0.0966. The van der Waals surface area contributed by atoms with E-state index >= 15 is 0 Å². The third kappa shape index (κ3) is 2.80. The fraction of sp³-hybridized carbons (Fsp3) is 0.0667. The highest BCUT2D eigenvalue weighted by Gasteiger charge is 2.17. The number of amides is 2. The molecule has 0 aliphatic heterocycles. The van der Waals surface area contributed by atoms with Crippen molar-refractivity contribution in [2.24, 2.45) is 11.5 Å². The lowest BCUT2D eigenvalue weighted by Crippen LogP contribution is -2.22. The Morgan fingerprint density at radius 1 is 0.842 bits per heavy atom. The number of primary amides is 2. The van der Waals surface area contributed by atoms with Crippen molar-refractivity contribution in [1.82, 2.24) is 0 Å². The highest BCUT2D eigenvalue weighted by Crippen LogP contribution is 2.18. The maximum absolute atomic E-state index is 11.6. The molecule has 0 aliphatic rings. The average molecular weight is 254 g/mol. The average Bonchev–Trinajstić information content (AvgIpc) is 2.39. The highest BCUT2D eigenvalue weighted by molar-refractivity contribution is 6.07. The minimum Gasteiger partial charge on any atom is -0.366 e. The second kappa shape index (κ2) is 5.35. The standard InChI is InChI=1S/C15H14N2O2/c16-14(18)12-8-4-7-11(13(12)15(17)19)9-10-5-2-1-3-6-10/h1-8H,9H2,(H2,16,18)(H2,17,19). The summed E-state index contributed by atoms with van der Waals surface area (Å²) < 4.78 is 0. The van der Waals surface area contributed by atoms with E-state index in [1.165, 1.54) is 6.07 Å². The van der Waals surface area contributed by atoms with Crippen molar-refractivity contribution in [1.29, 1.82) is 0 Å². The third-order valence-electron chi connectivity index (χ3n) is 2.90. The Labute approximate surface area is 111 Å². The maximum Gasteiger partial charge on any atom is 0.249 e. The molecule has 0 atom stereocenters. The number of rotatable bonds is 4. The quantitative estimate of drug-likeness (QED) is 0.865. The smallest absolute Gasteiger partial charge is 0.249 e. The van der Waals surface area contributed by atoms with Gasteiger partial charge in [-0.1, -0.05) is 42.5 Å². The van der Waals surface area contributed by atoms with Gasteiger partial charge >= 0.3 is 0 Å². The first-order chi connectivity index (χ1) is 9.09. The molecule has 2 amide bonds. The van der Waals surface area contributed by atoms with E-state index in [4.69, 9.17) is 11.5 Å². The molecule has 0 heterocycles. The molecule has 0 radical (unpaired) electrons. The molecular weight excluding hydrogens is 240 g/mol. The second-order valence-electron chi connectivity index (χ2n) is 4.23. The topological polar surface area (TPSA) is 86.2 Å². The zero-order chi connectivity index (χ0) is 13.8. The van der Waals surface area contributed by atoms with Crippen LogP contribution < -0.4 is 11.5 Å². The summed E-state index contributed by atoms with van der Waals surface area (Å²) in [7, 11) is 0. The summed E-state index contributed by atoms with van der Waals surface area (Å²) in [6, 6.07) is 14.6. The van der Waals surface area contributed by atoms with Gasteiger partial charge in [0.2, 0.25) is 11.8 Å². The maximum atomic E-state index is 11.6. The van der Waals surface area contributed by atoms with Crippen LogP contribution in [0.15, 0.2) is 48.5 Å². The van der Waals surface area contributed by atoms with Crippen molar-refractivity contribution < 1.29 is 9.59 Å². The largest absolute Gasteiger partial charge is 0.366 e. The van der Waals surface area contributed by atoms with Gasteiger partial charge in [0.25, 0.3) is 0 Å². The Hall–Kier alpha value is -2.62. The van der Waals surface area contributed by atoms with Crippen molar-refractivity contribution in [3.05, 3.63) is 70.8 Å². The molecule has 0 unspecified atom stereocenters. The van der Waals surface area contributed by atoms with Crippen LogP contribution in [0.1, 0.15) is 31.8 Å². The van der Waals surface area contributed by atoms with Crippen molar-refractivity contribution in [2.75, 3.05) is 0 Å². The van der Waals surface area contributed by atoms with Crippen LogP contribution in [0.3, 0.4) is 0 Å². The number of hydrogen-bond donors (Lipinski definition) is 2. The van der Waals surface area contributed by atoms with Gasteiger partial charge in [-0.25, -0.2) is 0 Å². The van der Waals surface area contributed by atoms with Gasteiger partial charge in [-0.05, 0) is 23.6 Å². The zero-order valence-electron chi connectivity index (χ0n) is 10.3. The van der Waals surface area contributed by atoms with E-state index in [9.17, 15) is 9.59 Å². The van der Waals surface area contributed by atoms with Crippen LogP contribution in [0.4, 0.5) is 0 Å². The fourth-order valence-electron chi connectivity index (χ4n) is 2.06. The Kier molecular flexibility index (Phi) is 3.61. The predicted molar refractivity (Wildman–Crippen MR) is 72.7 cm³/mol. The lowest BCUT2D eigenvalue weighted by atomic mass is 9.95. The van der Waals surface area contributed by atoms with Crippen LogP contribution in [0.5, 0.6) is 0 Å². The van der Waals surface area contributed by atoms with Crippen LogP contribution in [0.2, 0.25) is 0 Å². The molecule has 96 valence electrons. The molecule has 2 rings (SSSR count). The number of benzene rings is 2. The number of nitrogens with two attached hydrogens (primary N) is 2. The first-order valence-corrected chi connectivity index (χ1v) is 5.85. The van der Waals surface area contributed by atoms with Crippen molar-refractivity contribution in [3.63, 3.8) is 0 Å². The Bertz CT molecular complexity index is 621. The Balaban J connectivity index is 2.48. The summed E-state index contributed by atoms with van der Waals surface area (Å²) in [5, 5.41) is 0. The molecule has 4 N–H and O–H groups in total. The Morgan fingerprint density at radius 3 is 2.11 bits per heavy atom. The van der Waals surface area contributed by atoms with Gasteiger partial charge in [-0.2, -0.15) is 0 Å². The van der Waals surface area contributed by atoms with Crippen molar-refractivity contribution in [3.8, 4) is 0 Å². The van der Waals surface area contributed by atoms with Gasteiger partial charge in [-0.3, -0.25) is 9.59 Å². The fourth-order valence-corrected chi connectivity index (χ4v) is 2.06. The van der Waals surface area contributed by atoms with E-state index in [-0.39, 0.29) is 11.1 Å². The van der Waals surface area contributed by atoms with Gasteiger partial charge in [0.15, 0.2) is 0 Å². The SMILES string of the molecule is NC(=O)c1cccc(Cc2ccccc2)c1C(N)=O. The molecular formula is C15H14N2O2. The second-order valence-corrected chi connectivity index (χ2v) is 4.23. The molecule has 0 saturated carbocycles. The van der Waals surface area contributed by atoms with Crippen LogP contribution in [0.25, 0.3) is 0 Å². The molecule has 0 spiro atoms. The van der Waals surface area contributed by atoms with Crippen molar-refractivity contribution in [2.45, 2.75) is 6.42 Å². The molecule has 0 bridgehead atoms. The zero-order valence-corrected chi connectivity index (χ0v) is 10.3. The van der Waals surface area contributed by atoms with Crippen LogP contribution >= 0.6 is 0 Å². The summed E-state index contributed by atoms with van der Waals surface area (Å²) >= 11 is 0. The van der Waals surface area contributed by atoms with Gasteiger partial charge < -0.3 is 11.5 Å². The molecule has 4 nitrogen and oxygen atoms in total. The van der Waals surface area contributed by atoms with Crippen molar-refractivity contribution >= 4 is 11.8 Å². The number of hydrogen-bond acceptors (Lipinski definition) is 2. The van der Waals surface area contributed by atoms with Gasteiger partial charge in [0.05, 0.1) is 11.1 Å². The third-order valence-corrected chi connectivity index (χ3v) is 2.90. The van der Waals surface area contributed by atoms with E-state index in [1.54, 1.807) is 12.1 Å². The molecule has 0 aromatic heterocycles. The lowest BCUT2D eigenvalue weighted by Gasteiger charge is -2.10. The molecule has 0 fully saturated rings. The van der Waals surface area contributed by atoms with Crippen LogP contribution in [0, 0.1) is 0 Å². The minimum absolute atomic E-state index is 0.168. The van der Waals surface area contributed by atoms with E-state index in [0.717, 1.165) is 5.56 Å². The number of carbonyl (C=O) groups is 2. The first kappa shape index (κ1) is 12.8. The summed E-state index contributed by atoms with van der Waals surface area (Å²) in [6.07, 6.45) is 0.528. The Morgan fingerprint density at radius 2 is 1.53 bits per heavy atom. The molecule has 0 saturated heterocycles. The highest BCUT2D eigenvalue weighted by atomic mass is 16.2. The molecule has 2 aromatic carbocycles. The van der Waals surface area contributed by atoms with Gasteiger partial charge in [0, 0.05) is 0 Å². The summed E-state index contributed by atoms with van der Waals surface area (Å²) in [5.41, 5.74) is 12.7. The van der Waals surface area contributed by atoms with Crippen LogP contribution in [-0.4, -0.2) is 11.8 Å². The van der Waals surface area contributed by atoms with E-state index in [2.05, 4.69) is 0 Å². The summed E-state index contributed by atoms with van der Waals surface area (Å²) in [6.45, 7) is 0. The molecule has 0 aliphatic carbocycles. The molecule has 4 heteroatoms.